The molecule has 2 aromatic heterocycles. The average molecular weight is 463 g/mol. The number of hydrogen-bond donors (Lipinski definition) is 0. The zero-order valence-electron chi connectivity index (χ0n) is 16.9. The molecule has 2 aliphatic rings. The van der Waals surface area contributed by atoms with Crippen LogP contribution < -0.4 is 0 Å². The van der Waals surface area contributed by atoms with Gasteiger partial charge in [-0.15, -0.1) is 0 Å². The quantitative estimate of drug-likeness (QED) is 0.537. The lowest BCUT2D eigenvalue weighted by Crippen LogP contribution is -2.39. The number of carbonyl (C=O) groups is 2. The van der Waals surface area contributed by atoms with Crippen molar-refractivity contribution in [1.29, 1.82) is 0 Å². The van der Waals surface area contributed by atoms with E-state index in [9.17, 15) is 9.59 Å². The number of Topliss-reactive ketones (excluding diaryl/α,β-unsaturated/α-hetero) is 1. The topological polar surface area (TPSA) is 88.4 Å². The zero-order chi connectivity index (χ0) is 21.9. The SMILES string of the molecule is CO[C@@H]1[C@H]2OC(C)(C)O[C@H]2O[C@@H]1C(=O)c1cn2c(C(=O)c3ccc(Cl)cc3)cnc2s1. The van der Waals surface area contributed by atoms with Crippen molar-refractivity contribution in [3.63, 3.8) is 0 Å². The number of halogens is 1. The van der Waals surface area contributed by atoms with Crippen molar-refractivity contribution in [2.75, 3.05) is 7.11 Å². The van der Waals surface area contributed by atoms with Gasteiger partial charge in [0.2, 0.25) is 11.6 Å². The molecule has 8 nitrogen and oxygen atoms in total. The molecule has 4 heterocycles. The number of imidazole rings is 1. The minimum Gasteiger partial charge on any atom is -0.375 e. The van der Waals surface area contributed by atoms with Gasteiger partial charge in [0.1, 0.15) is 17.9 Å². The molecule has 0 unspecified atom stereocenters. The summed E-state index contributed by atoms with van der Waals surface area (Å²) < 4.78 is 24.6. The summed E-state index contributed by atoms with van der Waals surface area (Å²) >= 11 is 7.09. The van der Waals surface area contributed by atoms with Gasteiger partial charge < -0.3 is 18.9 Å². The number of rotatable bonds is 5. The van der Waals surface area contributed by atoms with Crippen LogP contribution in [0.15, 0.2) is 36.7 Å². The summed E-state index contributed by atoms with van der Waals surface area (Å²) in [6, 6.07) is 6.61. The van der Waals surface area contributed by atoms with E-state index < -0.39 is 30.4 Å². The Hall–Kier alpha value is -2.14. The summed E-state index contributed by atoms with van der Waals surface area (Å²) in [5.41, 5.74) is 0.835. The number of ketones is 2. The van der Waals surface area contributed by atoms with Gasteiger partial charge in [-0.05, 0) is 38.1 Å². The molecule has 162 valence electrons. The van der Waals surface area contributed by atoms with E-state index in [0.29, 0.717) is 26.1 Å². The summed E-state index contributed by atoms with van der Waals surface area (Å²) in [5, 5.41) is 0.545. The summed E-state index contributed by atoms with van der Waals surface area (Å²) in [4.78, 5) is 31.3. The lowest BCUT2D eigenvalue weighted by molar-refractivity contribution is -0.210. The maximum absolute atomic E-state index is 13.2. The van der Waals surface area contributed by atoms with Crippen LogP contribution in [0.3, 0.4) is 0 Å². The molecule has 0 spiro atoms. The van der Waals surface area contributed by atoms with E-state index in [4.69, 9.17) is 30.5 Å². The third-order valence-electron chi connectivity index (χ3n) is 5.31. The standard InChI is InChI=1S/C21H19ClN2O6S/c1-21(2)29-18-17(27-3)16(28-19(18)30-21)15(26)13-9-24-12(8-23-20(24)31-13)14(25)10-4-6-11(22)7-5-10/h4-9,16-19H,1-3H3/t16-,17+,18-,19-/m1/s1. The molecule has 1 aromatic carbocycles. The molecule has 31 heavy (non-hydrogen) atoms. The first-order chi connectivity index (χ1) is 14.8. The van der Waals surface area contributed by atoms with E-state index in [1.165, 1.54) is 24.6 Å². The number of methoxy groups -OCH3 is 1. The first-order valence-corrected chi connectivity index (χ1v) is 10.8. The highest BCUT2D eigenvalue weighted by molar-refractivity contribution is 7.19. The number of nitrogens with zero attached hydrogens (tertiary/aromatic N) is 2. The van der Waals surface area contributed by atoms with Crippen molar-refractivity contribution in [3.05, 3.63) is 57.8 Å². The predicted molar refractivity (Wildman–Crippen MR) is 112 cm³/mol. The fourth-order valence-corrected chi connectivity index (χ4v) is 4.96. The number of fused-ring (bicyclic) bond motifs is 2. The number of ether oxygens (including phenoxy) is 4. The van der Waals surface area contributed by atoms with E-state index in [2.05, 4.69) is 4.98 Å². The second kappa shape index (κ2) is 7.47. The van der Waals surface area contributed by atoms with E-state index in [0.717, 1.165) is 0 Å². The Bertz CT molecular complexity index is 1170. The van der Waals surface area contributed by atoms with E-state index >= 15 is 0 Å². The predicted octanol–water partition coefficient (Wildman–Crippen LogP) is 3.35. The lowest BCUT2D eigenvalue weighted by atomic mass is 10.1. The Kier molecular flexibility index (Phi) is 5.00. The molecular formula is C21H19ClN2O6S. The van der Waals surface area contributed by atoms with Crippen molar-refractivity contribution < 1.29 is 28.5 Å². The maximum Gasteiger partial charge on any atom is 0.211 e. The van der Waals surface area contributed by atoms with Crippen LogP contribution in [0.25, 0.3) is 4.96 Å². The summed E-state index contributed by atoms with van der Waals surface area (Å²) in [5.74, 6) is -1.29. The van der Waals surface area contributed by atoms with Crippen molar-refractivity contribution in [2.45, 2.75) is 44.2 Å². The van der Waals surface area contributed by atoms with Crippen LogP contribution in [0, 0.1) is 0 Å². The summed E-state index contributed by atoms with van der Waals surface area (Å²) in [7, 11) is 1.51. The van der Waals surface area contributed by atoms with Gasteiger partial charge in [0, 0.05) is 23.9 Å². The van der Waals surface area contributed by atoms with Crippen LogP contribution in [0.5, 0.6) is 0 Å². The molecule has 0 radical (unpaired) electrons. The van der Waals surface area contributed by atoms with Gasteiger partial charge in [-0.2, -0.15) is 0 Å². The Morgan fingerprint density at radius 1 is 1.23 bits per heavy atom. The van der Waals surface area contributed by atoms with Crippen LogP contribution in [0.2, 0.25) is 5.02 Å². The van der Waals surface area contributed by atoms with Crippen LogP contribution >= 0.6 is 22.9 Å². The second-order valence-electron chi connectivity index (χ2n) is 7.82. The number of aromatic nitrogens is 2. The van der Waals surface area contributed by atoms with E-state index in [1.54, 1.807) is 48.7 Å². The molecule has 0 saturated carbocycles. The highest BCUT2D eigenvalue weighted by atomic mass is 35.5. The number of carbonyl (C=O) groups excluding carboxylic acids is 2. The molecule has 4 atom stereocenters. The minimum absolute atomic E-state index is 0.216. The molecule has 2 saturated heterocycles. The molecule has 10 heteroatoms. The molecule has 0 aliphatic carbocycles. The van der Waals surface area contributed by atoms with Gasteiger partial charge in [0.25, 0.3) is 0 Å². The molecule has 5 rings (SSSR count). The van der Waals surface area contributed by atoms with Crippen LogP contribution in [-0.4, -0.2) is 58.4 Å². The highest BCUT2D eigenvalue weighted by Gasteiger charge is 2.57. The average Bonchev–Trinajstić information content (AvgIpc) is 3.45. The molecular weight excluding hydrogens is 444 g/mol. The highest BCUT2D eigenvalue weighted by Crippen LogP contribution is 2.40. The van der Waals surface area contributed by atoms with Gasteiger partial charge in [-0.1, -0.05) is 22.9 Å². The molecule has 0 bridgehead atoms. The number of hydrogen-bond acceptors (Lipinski definition) is 8. The third kappa shape index (κ3) is 3.51. The Balaban J connectivity index is 1.42. The Morgan fingerprint density at radius 3 is 2.68 bits per heavy atom. The second-order valence-corrected chi connectivity index (χ2v) is 9.26. The lowest BCUT2D eigenvalue weighted by Gasteiger charge is -2.23. The third-order valence-corrected chi connectivity index (χ3v) is 6.58. The van der Waals surface area contributed by atoms with Gasteiger partial charge in [-0.25, -0.2) is 4.98 Å². The fraction of sp³-hybridized carbons (Fsp3) is 0.381. The molecule has 3 aromatic rings. The molecule has 0 amide bonds. The van der Waals surface area contributed by atoms with E-state index in [1.807, 2.05) is 0 Å². The zero-order valence-corrected chi connectivity index (χ0v) is 18.5. The number of benzene rings is 1. The number of thiazole rings is 1. The smallest absolute Gasteiger partial charge is 0.211 e. The largest absolute Gasteiger partial charge is 0.375 e. The van der Waals surface area contributed by atoms with Crippen LogP contribution in [-0.2, 0) is 18.9 Å². The summed E-state index contributed by atoms with van der Waals surface area (Å²) in [6.07, 6.45) is 0.433. The normalized spacial score (nSPS) is 27.0. The van der Waals surface area contributed by atoms with Gasteiger partial charge in [0.05, 0.1) is 11.1 Å². The monoisotopic (exact) mass is 462 g/mol. The summed E-state index contributed by atoms with van der Waals surface area (Å²) in [6.45, 7) is 3.57. The van der Waals surface area contributed by atoms with Gasteiger partial charge in [0.15, 0.2) is 23.1 Å². The van der Waals surface area contributed by atoms with Crippen LogP contribution in [0.1, 0.15) is 39.6 Å². The van der Waals surface area contributed by atoms with Crippen molar-refractivity contribution in [2.24, 2.45) is 0 Å². The Labute approximate surface area is 186 Å². The van der Waals surface area contributed by atoms with Gasteiger partial charge in [-0.3, -0.25) is 14.0 Å². The minimum atomic E-state index is -0.880. The molecule has 2 aliphatic heterocycles. The van der Waals surface area contributed by atoms with Crippen molar-refractivity contribution in [3.8, 4) is 0 Å². The fourth-order valence-electron chi connectivity index (χ4n) is 3.91. The van der Waals surface area contributed by atoms with Gasteiger partial charge >= 0.3 is 0 Å². The van der Waals surface area contributed by atoms with Crippen molar-refractivity contribution in [1.82, 2.24) is 9.38 Å². The molecule has 2 fully saturated rings. The molecule has 0 N–H and O–H groups in total. The maximum atomic E-state index is 13.2. The first-order valence-electron chi connectivity index (χ1n) is 9.63. The van der Waals surface area contributed by atoms with Crippen LogP contribution in [0.4, 0.5) is 0 Å². The first kappa shape index (κ1) is 20.7. The van der Waals surface area contributed by atoms with E-state index in [-0.39, 0.29) is 11.6 Å². The Morgan fingerprint density at radius 2 is 1.97 bits per heavy atom. The van der Waals surface area contributed by atoms with Crippen molar-refractivity contribution >= 4 is 39.5 Å².